The number of ether oxygens (including phenoxy) is 2. The molecule has 0 radical (unpaired) electrons. The Morgan fingerprint density at radius 2 is 1.65 bits per heavy atom. The first-order valence-electron chi connectivity index (χ1n) is 7.02. The fraction of sp³-hybridized carbons (Fsp3) is 0.294. The summed E-state index contributed by atoms with van der Waals surface area (Å²) in [5, 5.41) is 0. The van der Waals surface area contributed by atoms with Crippen LogP contribution >= 0.6 is 0 Å². The quantitative estimate of drug-likeness (QED) is 0.791. The summed E-state index contributed by atoms with van der Waals surface area (Å²) in [6.07, 6.45) is 2.23. The van der Waals surface area contributed by atoms with E-state index < -0.39 is 0 Å². The molecule has 2 aromatic rings. The van der Waals surface area contributed by atoms with Crippen LogP contribution in [0, 0.1) is 0 Å². The lowest BCUT2D eigenvalue weighted by Gasteiger charge is -2.12. The number of anilines is 1. The average Bonchev–Trinajstić information content (AvgIpc) is 2.46. The number of aryl methyl sites for hydroxylation is 1. The number of rotatable bonds is 6. The zero-order valence-electron chi connectivity index (χ0n) is 12.1. The maximum Gasteiger partial charge on any atom is 0.154 e. The van der Waals surface area contributed by atoms with Gasteiger partial charge in [-0.1, -0.05) is 31.5 Å². The molecule has 0 saturated carbocycles. The molecule has 20 heavy (non-hydrogen) atoms. The van der Waals surface area contributed by atoms with Gasteiger partial charge in [-0.15, -0.1) is 0 Å². The second kappa shape index (κ2) is 6.85. The van der Waals surface area contributed by atoms with E-state index in [-0.39, 0.29) is 0 Å². The number of hydrogen-bond acceptors (Lipinski definition) is 3. The molecule has 0 amide bonds. The summed E-state index contributed by atoms with van der Waals surface area (Å²) in [5.41, 5.74) is 7.89. The van der Waals surface area contributed by atoms with E-state index in [0.717, 1.165) is 18.6 Å². The maximum atomic E-state index is 6.04. The highest BCUT2D eigenvalue weighted by atomic mass is 16.5. The monoisotopic (exact) mass is 271 g/mol. The highest BCUT2D eigenvalue weighted by Crippen LogP contribution is 2.34. The molecular weight excluding hydrogens is 250 g/mol. The van der Waals surface area contributed by atoms with Crippen LogP contribution in [0.1, 0.15) is 25.8 Å². The molecule has 106 valence electrons. The molecule has 2 rings (SSSR count). The molecule has 0 fully saturated rings. The van der Waals surface area contributed by atoms with Gasteiger partial charge >= 0.3 is 0 Å². The van der Waals surface area contributed by atoms with Gasteiger partial charge in [0.05, 0.1) is 6.61 Å². The van der Waals surface area contributed by atoms with Crippen LogP contribution < -0.4 is 15.2 Å². The highest BCUT2D eigenvalue weighted by Gasteiger charge is 2.07. The lowest BCUT2D eigenvalue weighted by atomic mass is 10.1. The predicted octanol–water partition coefficient (Wildman–Crippen LogP) is 4.41. The van der Waals surface area contributed by atoms with Gasteiger partial charge in [0.25, 0.3) is 0 Å². The molecular formula is C17H21NO2. The van der Waals surface area contributed by atoms with Crippen LogP contribution in [-0.4, -0.2) is 6.61 Å². The number of nitrogens with two attached hydrogens (primary N) is 1. The predicted molar refractivity (Wildman–Crippen MR) is 82.5 cm³/mol. The molecule has 0 aliphatic carbocycles. The van der Waals surface area contributed by atoms with E-state index in [9.17, 15) is 0 Å². The second-order valence-electron chi connectivity index (χ2n) is 4.60. The van der Waals surface area contributed by atoms with Gasteiger partial charge < -0.3 is 15.2 Å². The molecule has 2 N–H and O–H groups in total. The summed E-state index contributed by atoms with van der Waals surface area (Å²) >= 11 is 0. The Morgan fingerprint density at radius 3 is 2.30 bits per heavy atom. The molecule has 0 atom stereocenters. The number of hydrogen-bond donors (Lipinski definition) is 1. The standard InChI is InChI=1S/C17H21NO2/c1-3-6-13-9-11-14(12-10-13)20-16-8-5-7-15(17(16)18)19-4-2/h5,7-12H,3-4,6,18H2,1-2H3. The van der Waals surface area contributed by atoms with Crippen molar-refractivity contribution >= 4 is 5.69 Å². The van der Waals surface area contributed by atoms with Gasteiger partial charge in [0, 0.05) is 0 Å². The van der Waals surface area contributed by atoms with Crippen LogP contribution in [-0.2, 0) is 6.42 Å². The minimum Gasteiger partial charge on any atom is -0.492 e. The third-order valence-electron chi connectivity index (χ3n) is 3.02. The zero-order valence-corrected chi connectivity index (χ0v) is 12.1. The Balaban J connectivity index is 2.15. The molecule has 0 aromatic heterocycles. The molecule has 3 nitrogen and oxygen atoms in total. The minimum atomic E-state index is 0.534. The van der Waals surface area contributed by atoms with Gasteiger partial charge in [0.15, 0.2) is 5.75 Å². The average molecular weight is 271 g/mol. The summed E-state index contributed by atoms with van der Waals surface area (Å²) < 4.78 is 11.3. The largest absolute Gasteiger partial charge is 0.492 e. The van der Waals surface area contributed by atoms with Crippen LogP contribution in [0.2, 0.25) is 0 Å². The number of benzene rings is 2. The Morgan fingerprint density at radius 1 is 0.950 bits per heavy atom. The molecule has 0 aliphatic rings. The van der Waals surface area contributed by atoms with Gasteiger partial charge in [0.1, 0.15) is 17.2 Å². The molecule has 0 unspecified atom stereocenters. The first-order chi connectivity index (χ1) is 9.74. The summed E-state index contributed by atoms with van der Waals surface area (Å²) in [5.74, 6) is 2.07. The fourth-order valence-electron chi connectivity index (χ4n) is 2.03. The maximum absolute atomic E-state index is 6.04. The van der Waals surface area contributed by atoms with Crippen molar-refractivity contribution in [2.45, 2.75) is 26.7 Å². The lowest BCUT2D eigenvalue weighted by molar-refractivity contribution is 0.340. The molecule has 0 saturated heterocycles. The van der Waals surface area contributed by atoms with Crippen molar-refractivity contribution in [3.05, 3.63) is 48.0 Å². The molecule has 2 aromatic carbocycles. The van der Waals surface area contributed by atoms with Crippen LogP contribution in [0.4, 0.5) is 5.69 Å². The fourth-order valence-corrected chi connectivity index (χ4v) is 2.03. The van der Waals surface area contributed by atoms with Crippen molar-refractivity contribution in [1.29, 1.82) is 0 Å². The van der Waals surface area contributed by atoms with Gasteiger partial charge in [-0.25, -0.2) is 0 Å². The van der Waals surface area contributed by atoms with Crippen LogP contribution in [0.25, 0.3) is 0 Å². The van der Waals surface area contributed by atoms with Crippen molar-refractivity contribution in [3.63, 3.8) is 0 Å². The van der Waals surface area contributed by atoms with E-state index in [4.69, 9.17) is 15.2 Å². The highest BCUT2D eigenvalue weighted by molar-refractivity contribution is 5.63. The summed E-state index contributed by atoms with van der Waals surface area (Å²) in [6.45, 7) is 4.68. The van der Waals surface area contributed by atoms with E-state index in [1.807, 2.05) is 37.3 Å². The third kappa shape index (κ3) is 3.44. The third-order valence-corrected chi connectivity index (χ3v) is 3.02. The van der Waals surface area contributed by atoms with E-state index in [1.54, 1.807) is 0 Å². The topological polar surface area (TPSA) is 44.5 Å². The van der Waals surface area contributed by atoms with Gasteiger partial charge in [-0.3, -0.25) is 0 Å². The van der Waals surface area contributed by atoms with E-state index in [2.05, 4.69) is 19.1 Å². The first kappa shape index (κ1) is 14.3. The van der Waals surface area contributed by atoms with Gasteiger partial charge in [-0.05, 0) is 43.2 Å². The second-order valence-corrected chi connectivity index (χ2v) is 4.60. The summed E-state index contributed by atoms with van der Waals surface area (Å²) in [4.78, 5) is 0. The normalized spacial score (nSPS) is 10.3. The van der Waals surface area contributed by atoms with E-state index >= 15 is 0 Å². The molecule has 0 bridgehead atoms. The van der Waals surface area contributed by atoms with Crippen LogP contribution in [0.15, 0.2) is 42.5 Å². The summed E-state index contributed by atoms with van der Waals surface area (Å²) in [6, 6.07) is 13.7. The van der Waals surface area contributed by atoms with Crippen molar-refractivity contribution in [2.75, 3.05) is 12.3 Å². The summed E-state index contributed by atoms with van der Waals surface area (Å²) in [7, 11) is 0. The van der Waals surface area contributed by atoms with E-state index in [1.165, 1.54) is 5.56 Å². The van der Waals surface area contributed by atoms with Gasteiger partial charge in [-0.2, -0.15) is 0 Å². The Labute approximate surface area is 120 Å². The molecule has 0 aliphatic heterocycles. The van der Waals surface area contributed by atoms with Crippen LogP contribution in [0.5, 0.6) is 17.2 Å². The van der Waals surface area contributed by atoms with Gasteiger partial charge in [0.2, 0.25) is 0 Å². The Kier molecular flexibility index (Phi) is 4.88. The van der Waals surface area contributed by atoms with Crippen molar-refractivity contribution in [3.8, 4) is 17.2 Å². The number of nitrogen functional groups attached to an aromatic ring is 1. The SMILES string of the molecule is CCCc1ccc(Oc2cccc(OCC)c2N)cc1. The first-order valence-corrected chi connectivity index (χ1v) is 7.02. The Bertz CT molecular complexity index is 549. The molecule has 3 heteroatoms. The zero-order chi connectivity index (χ0) is 14.4. The Hall–Kier alpha value is -2.16. The van der Waals surface area contributed by atoms with E-state index in [0.29, 0.717) is 23.8 Å². The van der Waals surface area contributed by atoms with Crippen molar-refractivity contribution < 1.29 is 9.47 Å². The van der Waals surface area contributed by atoms with Crippen molar-refractivity contribution in [1.82, 2.24) is 0 Å². The lowest BCUT2D eigenvalue weighted by Crippen LogP contribution is -1.99. The number of para-hydroxylation sites is 1. The molecule has 0 heterocycles. The minimum absolute atomic E-state index is 0.534. The van der Waals surface area contributed by atoms with Crippen molar-refractivity contribution in [2.24, 2.45) is 0 Å². The smallest absolute Gasteiger partial charge is 0.154 e. The molecule has 0 spiro atoms. The van der Waals surface area contributed by atoms with Crippen LogP contribution in [0.3, 0.4) is 0 Å².